The fourth-order valence-electron chi connectivity index (χ4n) is 2.79. The molecule has 140 valence electrons. The SMILES string of the molecule is CCCN(CC)CCNC(=O)c1cn(C2CCNCC2)nn1.Cl.Cl. The van der Waals surface area contributed by atoms with Crippen LogP contribution in [0.3, 0.4) is 0 Å². The van der Waals surface area contributed by atoms with Gasteiger partial charge in [-0.15, -0.1) is 29.9 Å². The first-order valence-electron chi connectivity index (χ1n) is 8.37. The second-order valence-electron chi connectivity index (χ2n) is 5.76. The maximum Gasteiger partial charge on any atom is 0.273 e. The Labute approximate surface area is 156 Å². The number of likely N-dealkylation sites (N-methyl/N-ethyl adjacent to an activating group) is 1. The summed E-state index contributed by atoms with van der Waals surface area (Å²) >= 11 is 0. The van der Waals surface area contributed by atoms with E-state index >= 15 is 0 Å². The van der Waals surface area contributed by atoms with Gasteiger partial charge in [-0.1, -0.05) is 19.1 Å². The van der Waals surface area contributed by atoms with Crippen LogP contribution in [0.2, 0.25) is 0 Å². The summed E-state index contributed by atoms with van der Waals surface area (Å²) in [5, 5.41) is 14.4. The molecule has 1 saturated heterocycles. The molecule has 1 aliphatic heterocycles. The zero-order chi connectivity index (χ0) is 15.8. The number of amides is 1. The molecule has 0 aromatic carbocycles. The fraction of sp³-hybridized carbons (Fsp3) is 0.800. The molecule has 2 rings (SSSR count). The number of aromatic nitrogens is 3. The second kappa shape index (κ2) is 12.5. The van der Waals surface area contributed by atoms with Crippen molar-refractivity contribution in [1.29, 1.82) is 0 Å². The Kier molecular flexibility index (Phi) is 12.0. The Hall–Kier alpha value is -0.890. The first-order chi connectivity index (χ1) is 10.7. The first-order valence-corrected chi connectivity index (χ1v) is 8.37. The number of nitrogens with zero attached hydrogens (tertiary/aromatic N) is 4. The number of hydrogen-bond acceptors (Lipinski definition) is 5. The monoisotopic (exact) mass is 380 g/mol. The van der Waals surface area contributed by atoms with Gasteiger partial charge in [0.25, 0.3) is 5.91 Å². The standard InChI is InChI=1S/C15H28N6O.2ClH/c1-3-10-20(4-2)11-9-17-15(22)14-12-21(19-18-14)13-5-7-16-8-6-13;;/h12-13,16H,3-11H2,1-2H3,(H,17,22);2*1H. The maximum absolute atomic E-state index is 12.1. The number of carbonyl (C=O) groups excluding carboxylic acids is 1. The molecule has 0 atom stereocenters. The predicted molar refractivity (Wildman–Crippen MR) is 100 cm³/mol. The molecule has 1 aromatic heterocycles. The van der Waals surface area contributed by atoms with Crippen LogP contribution in [-0.4, -0.2) is 65.1 Å². The van der Waals surface area contributed by atoms with Crippen molar-refractivity contribution in [3.8, 4) is 0 Å². The first kappa shape index (κ1) is 23.1. The van der Waals surface area contributed by atoms with Gasteiger partial charge in [0.2, 0.25) is 0 Å². The van der Waals surface area contributed by atoms with E-state index in [4.69, 9.17) is 0 Å². The number of rotatable bonds is 8. The average molecular weight is 381 g/mol. The number of nitrogens with one attached hydrogen (secondary N) is 2. The van der Waals surface area contributed by atoms with Gasteiger partial charge in [-0.2, -0.15) is 0 Å². The highest BCUT2D eigenvalue weighted by Gasteiger charge is 2.18. The fourth-order valence-corrected chi connectivity index (χ4v) is 2.79. The zero-order valence-electron chi connectivity index (χ0n) is 14.5. The highest BCUT2D eigenvalue weighted by molar-refractivity contribution is 5.91. The van der Waals surface area contributed by atoms with Crippen molar-refractivity contribution in [2.75, 3.05) is 39.3 Å². The lowest BCUT2D eigenvalue weighted by Crippen LogP contribution is -2.35. The van der Waals surface area contributed by atoms with Crippen molar-refractivity contribution in [2.24, 2.45) is 0 Å². The molecular formula is C15H30Cl2N6O. The van der Waals surface area contributed by atoms with Crippen molar-refractivity contribution < 1.29 is 4.79 Å². The average Bonchev–Trinajstić information content (AvgIpc) is 3.05. The quantitative estimate of drug-likeness (QED) is 0.714. The highest BCUT2D eigenvalue weighted by atomic mass is 35.5. The molecule has 0 saturated carbocycles. The topological polar surface area (TPSA) is 75.1 Å². The van der Waals surface area contributed by atoms with Crippen LogP contribution in [0.4, 0.5) is 0 Å². The molecule has 2 N–H and O–H groups in total. The predicted octanol–water partition coefficient (Wildman–Crippen LogP) is 1.51. The summed E-state index contributed by atoms with van der Waals surface area (Å²) in [6.45, 7) is 9.90. The molecule has 0 aliphatic carbocycles. The molecule has 0 bridgehead atoms. The van der Waals surface area contributed by atoms with Gasteiger partial charge in [-0.3, -0.25) is 4.79 Å². The summed E-state index contributed by atoms with van der Waals surface area (Å²) in [5.41, 5.74) is 0.414. The third-order valence-corrected chi connectivity index (χ3v) is 4.13. The minimum atomic E-state index is -0.132. The Morgan fingerprint density at radius 2 is 2.04 bits per heavy atom. The minimum absolute atomic E-state index is 0. The van der Waals surface area contributed by atoms with E-state index in [1.165, 1.54) is 0 Å². The summed E-state index contributed by atoms with van der Waals surface area (Å²) in [6.07, 6.45) is 4.97. The van der Waals surface area contributed by atoms with Crippen molar-refractivity contribution in [3.05, 3.63) is 11.9 Å². The van der Waals surface area contributed by atoms with Gasteiger partial charge in [0.1, 0.15) is 0 Å². The third-order valence-electron chi connectivity index (χ3n) is 4.13. The van der Waals surface area contributed by atoms with Gasteiger partial charge in [-0.25, -0.2) is 4.68 Å². The van der Waals surface area contributed by atoms with Gasteiger partial charge >= 0.3 is 0 Å². The van der Waals surface area contributed by atoms with Crippen LogP contribution < -0.4 is 10.6 Å². The summed E-state index contributed by atoms with van der Waals surface area (Å²) in [6, 6.07) is 0.357. The van der Waals surface area contributed by atoms with Gasteiger partial charge < -0.3 is 15.5 Å². The largest absolute Gasteiger partial charge is 0.349 e. The van der Waals surface area contributed by atoms with Crippen LogP contribution >= 0.6 is 24.8 Å². The molecule has 24 heavy (non-hydrogen) atoms. The summed E-state index contributed by atoms with van der Waals surface area (Å²) in [5.74, 6) is -0.132. The minimum Gasteiger partial charge on any atom is -0.349 e. The molecule has 1 aliphatic rings. The lowest BCUT2D eigenvalue weighted by atomic mass is 10.1. The van der Waals surface area contributed by atoms with E-state index in [1.807, 2.05) is 4.68 Å². The molecule has 0 spiro atoms. The van der Waals surface area contributed by atoms with Crippen molar-refractivity contribution in [2.45, 2.75) is 39.2 Å². The summed E-state index contributed by atoms with van der Waals surface area (Å²) in [4.78, 5) is 14.4. The molecule has 7 nitrogen and oxygen atoms in total. The molecule has 1 fully saturated rings. The van der Waals surface area contributed by atoms with E-state index in [-0.39, 0.29) is 30.7 Å². The van der Waals surface area contributed by atoms with Crippen LogP contribution in [0.15, 0.2) is 6.20 Å². The van der Waals surface area contributed by atoms with E-state index in [1.54, 1.807) is 6.20 Å². The molecule has 2 heterocycles. The van der Waals surface area contributed by atoms with Crippen molar-refractivity contribution in [3.63, 3.8) is 0 Å². The van der Waals surface area contributed by atoms with Gasteiger partial charge in [0.05, 0.1) is 12.2 Å². The van der Waals surface area contributed by atoms with Gasteiger partial charge in [0, 0.05) is 13.1 Å². The zero-order valence-corrected chi connectivity index (χ0v) is 16.2. The van der Waals surface area contributed by atoms with Crippen LogP contribution in [-0.2, 0) is 0 Å². The normalized spacial score (nSPS) is 14.8. The van der Waals surface area contributed by atoms with Crippen molar-refractivity contribution in [1.82, 2.24) is 30.5 Å². The van der Waals surface area contributed by atoms with E-state index in [9.17, 15) is 4.79 Å². The Balaban J connectivity index is 0.00000264. The Morgan fingerprint density at radius 3 is 2.67 bits per heavy atom. The Morgan fingerprint density at radius 1 is 1.33 bits per heavy atom. The van der Waals surface area contributed by atoms with E-state index in [0.29, 0.717) is 18.3 Å². The summed E-state index contributed by atoms with van der Waals surface area (Å²) in [7, 11) is 0. The van der Waals surface area contributed by atoms with Crippen molar-refractivity contribution >= 4 is 30.7 Å². The van der Waals surface area contributed by atoms with Crippen LogP contribution in [0.5, 0.6) is 0 Å². The molecule has 0 radical (unpaired) electrons. The van der Waals surface area contributed by atoms with Crippen LogP contribution in [0, 0.1) is 0 Å². The Bertz CT molecular complexity index is 465. The lowest BCUT2D eigenvalue weighted by Gasteiger charge is -2.22. The number of carbonyl (C=O) groups is 1. The van der Waals surface area contributed by atoms with E-state index < -0.39 is 0 Å². The number of hydrogen-bond donors (Lipinski definition) is 2. The van der Waals surface area contributed by atoms with E-state index in [0.717, 1.165) is 52.0 Å². The van der Waals surface area contributed by atoms with E-state index in [2.05, 4.69) is 39.7 Å². The molecule has 9 heteroatoms. The maximum atomic E-state index is 12.1. The third kappa shape index (κ3) is 6.93. The van der Waals surface area contributed by atoms with Gasteiger partial charge in [-0.05, 0) is 45.4 Å². The lowest BCUT2D eigenvalue weighted by molar-refractivity contribution is 0.0943. The smallest absolute Gasteiger partial charge is 0.273 e. The highest BCUT2D eigenvalue weighted by Crippen LogP contribution is 2.16. The number of halogens is 2. The van der Waals surface area contributed by atoms with Crippen LogP contribution in [0.25, 0.3) is 0 Å². The molecule has 0 unspecified atom stereocenters. The molecular weight excluding hydrogens is 351 g/mol. The van der Waals surface area contributed by atoms with Gasteiger partial charge in [0.15, 0.2) is 5.69 Å². The summed E-state index contributed by atoms with van der Waals surface area (Å²) < 4.78 is 1.84. The molecule has 1 amide bonds. The second-order valence-corrected chi connectivity index (χ2v) is 5.76. The van der Waals surface area contributed by atoms with Crippen LogP contribution in [0.1, 0.15) is 49.6 Å². The number of piperidine rings is 1. The molecule has 1 aromatic rings.